The van der Waals surface area contributed by atoms with Crippen LogP contribution in [0.1, 0.15) is 41.3 Å². The van der Waals surface area contributed by atoms with Gasteiger partial charge in [-0.15, -0.1) is 0 Å². The molecule has 0 amide bonds. The SMILES string of the molecule is COc1cc2c(cc1OC)[C@@H]1C(=O)c3ccc4c(c3O[C@@H]1CO2)C[C@H](C(C)(C)CO)O4. The van der Waals surface area contributed by atoms with Crippen molar-refractivity contribution in [2.75, 3.05) is 27.4 Å². The van der Waals surface area contributed by atoms with Crippen LogP contribution in [0.3, 0.4) is 0 Å². The highest BCUT2D eigenvalue weighted by Gasteiger charge is 2.46. The molecule has 3 atom stereocenters. The van der Waals surface area contributed by atoms with Crippen LogP contribution in [0.2, 0.25) is 0 Å². The molecule has 3 heterocycles. The topological polar surface area (TPSA) is 83.5 Å². The number of fused-ring (bicyclic) bond motifs is 6. The zero-order chi connectivity index (χ0) is 21.9. The molecule has 0 radical (unpaired) electrons. The van der Waals surface area contributed by atoms with Gasteiger partial charge in [-0.1, -0.05) is 13.8 Å². The van der Waals surface area contributed by atoms with E-state index in [1.165, 1.54) is 0 Å². The number of hydrogen-bond acceptors (Lipinski definition) is 7. The molecule has 1 N–H and O–H groups in total. The molecule has 0 saturated heterocycles. The molecule has 0 aromatic heterocycles. The van der Waals surface area contributed by atoms with E-state index in [2.05, 4.69) is 0 Å². The Morgan fingerprint density at radius 1 is 1.10 bits per heavy atom. The van der Waals surface area contributed by atoms with Gasteiger partial charge in [0.1, 0.15) is 36.1 Å². The Balaban J connectivity index is 1.55. The summed E-state index contributed by atoms with van der Waals surface area (Å²) in [5.74, 6) is 2.50. The fraction of sp³-hybridized carbons (Fsp3) is 0.458. The lowest BCUT2D eigenvalue weighted by Gasteiger charge is -2.37. The summed E-state index contributed by atoms with van der Waals surface area (Å²) in [5, 5.41) is 9.74. The first-order chi connectivity index (χ1) is 14.9. The number of hydrogen-bond donors (Lipinski definition) is 1. The van der Waals surface area contributed by atoms with E-state index in [1.807, 2.05) is 19.9 Å². The van der Waals surface area contributed by atoms with Crippen molar-refractivity contribution in [3.8, 4) is 28.7 Å². The largest absolute Gasteiger partial charge is 0.493 e. The molecule has 7 nitrogen and oxygen atoms in total. The number of aliphatic hydroxyl groups is 1. The number of benzene rings is 2. The molecule has 3 aliphatic rings. The number of methoxy groups -OCH3 is 2. The van der Waals surface area contributed by atoms with Crippen LogP contribution < -0.4 is 23.7 Å². The molecule has 0 saturated carbocycles. The smallest absolute Gasteiger partial charge is 0.178 e. The third-order valence-corrected chi connectivity index (χ3v) is 6.60. The van der Waals surface area contributed by atoms with E-state index in [0.29, 0.717) is 40.7 Å². The van der Waals surface area contributed by atoms with Crippen molar-refractivity contribution in [2.45, 2.75) is 38.4 Å². The van der Waals surface area contributed by atoms with E-state index in [9.17, 15) is 9.90 Å². The Labute approximate surface area is 180 Å². The minimum atomic E-state index is -0.485. The van der Waals surface area contributed by atoms with E-state index in [4.69, 9.17) is 23.7 Å². The maximum atomic E-state index is 13.6. The van der Waals surface area contributed by atoms with Gasteiger partial charge < -0.3 is 28.8 Å². The minimum absolute atomic E-state index is 0.00399. The average Bonchev–Trinajstić information content (AvgIpc) is 3.23. The van der Waals surface area contributed by atoms with Gasteiger partial charge in [-0.25, -0.2) is 0 Å². The monoisotopic (exact) mass is 426 g/mol. The number of carbonyl (C=O) groups excluding carboxylic acids is 1. The summed E-state index contributed by atoms with van der Waals surface area (Å²) in [6, 6.07) is 7.16. The molecule has 7 heteroatoms. The fourth-order valence-electron chi connectivity index (χ4n) is 4.60. The third-order valence-electron chi connectivity index (χ3n) is 6.60. The summed E-state index contributed by atoms with van der Waals surface area (Å²) in [6.45, 7) is 4.19. The van der Waals surface area contributed by atoms with Crippen LogP contribution in [0.5, 0.6) is 28.7 Å². The van der Waals surface area contributed by atoms with E-state index in [-0.39, 0.29) is 25.1 Å². The fourth-order valence-corrected chi connectivity index (χ4v) is 4.60. The van der Waals surface area contributed by atoms with E-state index in [0.717, 1.165) is 11.1 Å². The molecule has 0 aliphatic carbocycles. The van der Waals surface area contributed by atoms with Crippen LogP contribution in [0.15, 0.2) is 24.3 Å². The van der Waals surface area contributed by atoms with E-state index in [1.54, 1.807) is 32.4 Å². The maximum Gasteiger partial charge on any atom is 0.178 e. The molecule has 0 unspecified atom stereocenters. The number of ether oxygens (including phenoxy) is 5. The quantitative estimate of drug-likeness (QED) is 0.804. The summed E-state index contributed by atoms with van der Waals surface area (Å²) >= 11 is 0. The average molecular weight is 426 g/mol. The Bertz CT molecular complexity index is 1060. The second-order valence-electron chi connectivity index (χ2n) is 8.93. The van der Waals surface area contributed by atoms with Gasteiger partial charge >= 0.3 is 0 Å². The summed E-state index contributed by atoms with van der Waals surface area (Å²) in [4.78, 5) is 13.6. The van der Waals surface area contributed by atoms with Crippen molar-refractivity contribution >= 4 is 5.78 Å². The molecule has 164 valence electrons. The molecular weight excluding hydrogens is 400 g/mol. The Morgan fingerprint density at radius 2 is 1.84 bits per heavy atom. The van der Waals surface area contributed by atoms with Gasteiger partial charge in [0.25, 0.3) is 0 Å². The standard InChI is InChI=1S/C24H26O7/c1-24(2,11-25)20-8-14-15(30-20)6-5-12-22(26)21-13-7-17(27-3)18(28-4)9-16(13)29-10-19(21)31-23(12)14/h5-7,9,19-21,25H,8,10-11H2,1-4H3/t19-,20-,21+/m1/s1. The maximum absolute atomic E-state index is 13.6. The lowest BCUT2D eigenvalue weighted by molar-refractivity contribution is 0.0386. The van der Waals surface area contributed by atoms with Gasteiger partial charge in [0, 0.05) is 29.0 Å². The number of Topliss-reactive ketones (excluding diaryl/α,β-unsaturated/α-hetero) is 1. The third kappa shape index (κ3) is 2.94. The highest BCUT2D eigenvalue weighted by Crippen LogP contribution is 2.50. The second-order valence-corrected chi connectivity index (χ2v) is 8.93. The van der Waals surface area contributed by atoms with Gasteiger partial charge in [0.2, 0.25) is 0 Å². The first-order valence-electron chi connectivity index (χ1n) is 10.4. The van der Waals surface area contributed by atoms with Crippen LogP contribution in [-0.4, -0.2) is 50.5 Å². The van der Waals surface area contributed by atoms with Crippen molar-refractivity contribution in [1.82, 2.24) is 0 Å². The van der Waals surface area contributed by atoms with E-state index < -0.39 is 17.4 Å². The number of carbonyl (C=O) groups is 1. The van der Waals surface area contributed by atoms with Gasteiger partial charge in [-0.3, -0.25) is 4.79 Å². The minimum Gasteiger partial charge on any atom is -0.493 e. The summed E-state index contributed by atoms with van der Waals surface area (Å²) in [5.41, 5.74) is 1.76. The zero-order valence-electron chi connectivity index (χ0n) is 18.1. The Kier molecular flexibility index (Phi) is 4.55. The first-order valence-corrected chi connectivity index (χ1v) is 10.4. The van der Waals surface area contributed by atoms with Crippen molar-refractivity contribution in [2.24, 2.45) is 5.41 Å². The zero-order valence-corrected chi connectivity index (χ0v) is 18.1. The number of ketones is 1. The van der Waals surface area contributed by atoms with Crippen LogP contribution in [0.25, 0.3) is 0 Å². The second kappa shape index (κ2) is 7.05. The molecule has 3 aliphatic heterocycles. The van der Waals surface area contributed by atoms with Gasteiger partial charge in [-0.2, -0.15) is 0 Å². The normalized spacial score (nSPS) is 23.4. The van der Waals surface area contributed by atoms with Crippen molar-refractivity contribution in [3.05, 3.63) is 41.0 Å². The highest BCUT2D eigenvalue weighted by atomic mass is 16.5. The highest BCUT2D eigenvalue weighted by molar-refractivity contribution is 6.06. The molecular formula is C24H26O7. The molecule has 2 aromatic carbocycles. The number of aliphatic hydroxyl groups excluding tert-OH is 1. The molecule has 5 rings (SSSR count). The molecule has 0 fully saturated rings. The van der Waals surface area contributed by atoms with Gasteiger partial charge in [0.15, 0.2) is 17.3 Å². The first kappa shape index (κ1) is 20.0. The summed E-state index contributed by atoms with van der Waals surface area (Å²) in [6.07, 6.45) is -0.0448. The van der Waals surface area contributed by atoms with Crippen molar-refractivity contribution in [3.63, 3.8) is 0 Å². The van der Waals surface area contributed by atoms with E-state index >= 15 is 0 Å². The van der Waals surface area contributed by atoms with Gasteiger partial charge in [0.05, 0.1) is 32.3 Å². The summed E-state index contributed by atoms with van der Waals surface area (Å²) < 4.78 is 29.2. The molecule has 2 aromatic rings. The Hall–Kier alpha value is -2.93. The van der Waals surface area contributed by atoms with Gasteiger partial charge in [-0.05, 0) is 18.2 Å². The van der Waals surface area contributed by atoms with Crippen LogP contribution in [0.4, 0.5) is 0 Å². The molecule has 0 bridgehead atoms. The Morgan fingerprint density at radius 3 is 2.55 bits per heavy atom. The molecule has 31 heavy (non-hydrogen) atoms. The predicted molar refractivity (Wildman–Crippen MR) is 112 cm³/mol. The lowest BCUT2D eigenvalue weighted by Crippen LogP contribution is -2.43. The predicted octanol–water partition coefficient (Wildman–Crippen LogP) is 3.15. The summed E-state index contributed by atoms with van der Waals surface area (Å²) in [7, 11) is 3.13. The van der Waals surface area contributed by atoms with Crippen molar-refractivity contribution in [1.29, 1.82) is 0 Å². The lowest BCUT2D eigenvalue weighted by atomic mass is 9.80. The molecule has 0 spiro atoms. The number of rotatable bonds is 4. The van der Waals surface area contributed by atoms with Crippen LogP contribution in [0, 0.1) is 5.41 Å². The van der Waals surface area contributed by atoms with Crippen LogP contribution in [-0.2, 0) is 6.42 Å². The van der Waals surface area contributed by atoms with Crippen molar-refractivity contribution < 1.29 is 33.6 Å². The van der Waals surface area contributed by atoms with Crippen LogP contribution >= 0.6 is 0 Å².